The van der Waals surface area contributed by atoms with Gasteiger partial charge in [0.1, 0.15) is 47.1 Å². The van der Waals surface area contributed by atoms with E-state index >= 15 is 8.78 Å². The molecular weight excluding hydrogens is 635 g/mol. The maximum atomic E-state index is 16.7. The van der Waals surface area contributed by atoms with E-state index in [1.165, 1.54) is 18.3 Å². The number of hydrogen-bond donors (Lipinski definition) is 1. The minimum Gasteiger partial charge on any atom is -0.461 e. The minimum atomic E-state index is -0.948. The second kappa shape index (κ2) is 12.9. The Morgan fingerprint density at radius 1 is 1.14 bits per heavy atom. The standard InChI is InChI=1S/C35H38F3N9O2/c1-44(2)12-5-9-27(48)46-14-10-23(19-46)45(3)33-24-17-40-32(31-28-21(15-26(39)41-31)7-4-8-25(28)37)29(38)30(24)42-34(43-33)49-20-35-11-6-13-47(35)18-22(36)16-35/h4,7-8,15,17,22-23H,6,10-14,16,18-20H2,1-3H3,(H2,39,41)/t22-,23-,35+/m1/s1. The van der Waals surface area contributed by atoms with Crippen molar-refractivity contribution < 1.29 is 22.7 Å². The van der Waals surface area contributed by atoms with Crippen LogP contribution in [0.5, 0.6) is 6.01 Å². The summed E-state index contributed by atoms with van der Waals surface area (Å²) < 4.78 is 52.6. The Balaban J connectivity index is 1.28. The van der Waals surface area contributed by atoms with Gasteiger partial charge in [-0.2, -0.15) is 9.97 Å². The van der Waals surface area contributed by atoms with Crippen molar-refractivity contribution in [2.45, 2.75) is 43.4 Å². The van der Waals surface area contributed by atoms with Gasteiger partial charge in [-0.15, -0.1) is 0 Å². The number of likely N-dealkylation sites (N-methyl/N-ethyl adjacent to an activating group) is 1. The first kappa shape index (κ1) is 32.8. The van der Waals surface area contributed by atoms with E-state index in [0.29, 0.717) is 55.6 Å². The number of anilines is 2. The first-order valence-corrected chi connectivity index (χ1v) is 16.4. The summed E-state index contributed by atoms with van der Waals surface area (Å²) in [7, 11) is 5.58. The Morgan fingerprint density at radius 2 is 1.98 bits per heavy atom. The Kier molecular flexibility index (Phi) is 8.66. The van der Waals surface area contributed by atoms with Crippen LogP contribution in [-0.4, -0.2) is 119 Å². The molecule has 3 aliphatic rings. The number of aromatic nitrogens is 4. The first-order valence-electron chi connectivity index (χ1n) is 16.4. The second-order valence-electron chi connectivity index (χ2n) is 13.5. The van der Waals surface area contributed by atoms with E-state index in [4.69, 9.17) is 15.5 Å². The van der Waals surface area contributed by atoms with E-state index in [-0.39, 0.29) is 52.7 Å². The molecule has 0 saturated carbocycles. The normalized spacial score (nSPS) is 22.1. The maximum Gasteiger partial charge on any atom is 0.319 e. The van der Waals surface area contributed by atoms with Crippen molar-refractivity contribution in [1.82, 2.24) is 34.6 Å². The van der Waals surface area contributed by atoms with Gasteiger partial charge in [0.25, 0.3) is 5.91 Å². The summed E-state index contributed by atoms with van der Waals surface area (Å²) in [6, 6.07) is 5.74. The Labute approximate surface area is 282 Å². The molecule has 3 aliphatic heterocycles. The lowest BCUT2D eigenvalue weighted by molar-refractivity contribution is -0.124. The highest BCUT2D eigenvalue weighted by Gasteiger charge is 2.49. The van der Waals surface area contributed by atoms with Crippen LogP contribution in [-0.2, 0) is 4.79 Å². The zero-order chi connectivity index (χ0) is 34.4. The summed E-state index contributed by atoms with van der Waals surface area (Å²) in [6.07, 6.45) is 3.17. The second-order valence-corrected chi connectivity index (χ2v) is 13.5. The van der Waals surface area contributed by atoms with Crippen molar-refractivity contribution in [2.24, 2.45) is 0 Å². The molecule has 256 valence electrons. The monoisotopic (exact) mass is 673 g/mol. The highest BCUT2D eigenvalue weighted by Crippen LogP contribution is 2.41. The number of pyridine rings is 2. The molecule has 1 amide bonds. The van der Waals surface area contributed by atoms with E-state index in [1.54, 1.807) is 17.0 Å². The van der Waals surface area contributed by atoms with Gasteiger partial charge >= 0.3 is 6.01 Å². The SMILES string of the molecule is CN(C)CC#CC(=O)N1CC[C@@H](N(C)c2nc(OC[C@@]34CCCN3C[C@H](F)C4)nc3c(F)c(-c4nc(N)cc5cccc(F)c45)ncc23)C1. The summed E-state index contributed by atoms with van der Waals surface area (Å²) in [5.41, 5.74) is 5.20. The number of benzene rings is 1. The largest absolute Gasteiger partial charge is 0.461 e. The molecule has 1 aromatic carbocycles. The summed E-state index contributed by atoms with van der Waals surface area (Å²) in [6.45, 7) is 2.64. The fraction of sp³-hybridized carbons (Fsp3) is 0.457. The van der Waals surface area contributed by atoms with Gasteiger partial charge in [-0.3, -0.25) is 19.6 Å². The quantitative estimate of drug-likeness (QED) is 0.292. The third-order valence-corrected chi connectivity index (χ3v) is 9.85. The Hall–Kier alpha value is -4.74. The molecule has 7 rings (SSSR count). The highest BCUT2D eigenvalue weighted by atomic mass is 19.1. The number of nitrogen functional groups attached to an aromatic ring is 1. The van der Waals surface area contributed by atoms with Gasteiger partial charge in [0.05, 0.1) is 17.5 Å². The van der Waals surface area contributed by atoms with Crippen molar-refractivity contribution in [2.75, 3.05) is 71.1 Å². The van der Waals surface area contributed by atoms with Gasteiger partial charge in [0.2, 0.25) is 0 Å². The average molecular weight is 674 g/mol. The number of rotatable bonds is 7. The molecule has 0 aliphatic carbocycles. The summed E-state index contributed by atoms with van der Waals surface area (Å²) in [4.78, 5) is 38.3. The number of hydrogen-bond acceptors (Lipinski definition) is 10. The predicted octanol–water partition coefficient (Wildman–Crippen LogP) is 3.66. The molecule has 0 spiro atoms. The fourth-order valence-electron chi connectivity index (χ4n) is 7.39. The Bertz CT molecular complexity index is 2000. The number of halogens is 3. The molecule has 3 saturated heterocycles. The number of carbonyl (C=O) groups is 1. The molecule has 0 radical (unpaired) electrons. The first-order chi connectivity index (χ1) is 23.5. The molecule has 11 nitrogen and oxygen atoms in total. The topological polar surface area (TPSA) is 117 Å². The van der Waals surface area contributed by atoms with E-state index in [1.807, 2.05) is 30.9 Å². The lowest BCUT2D eigenvalue weighted by Crippen LogP contribution is -2.43. The smallest absolute Gasteiger partial charge is 0.319 e. The fourth-order valence-corrected chi connectivity index (χ4v) is 7.39. The molecule has 3 atom stereocenters. The zero-order valence-corrected chi connectivity index (χ0v) is 27.7. The molecule has 0 unspecified atom stereocenters. The number of ether oxygens (including phenoxy) is 1. The zero-order valence-electron chi connectivity index (χ0n) is 27.7. The number of nitrogens with two attached hydrogens (primary N) is 1. The lowest BCUT2D eigenvalue weighted by Gasteiger charge is -2.31. The molecule has 4 aromatic rings. The van der Waals surface area contributed by atoms with E-state index in [0.717, 1.165) is 19.4 Å². The van der Waals surface area contributed by atoms with Crippen LogP contribution in [0, 0.1) is 23.5 Å². The van der Waals surface area contributed by atoms with Gasteiger partial charge in [-0.05, 0) is 63.3 Å². The van der Waals surface area contributed by atoms with Crippen LogP contribution in [0.1, 0.15) is 25.7 Å². The van der Waals surface area contributed by atoms with Crippen LogP contribution in [0.15, 0.2) is 30.5 Å². The van der Waals surface area contributed by atoms with Crippen LogP contribution < -0.4 is 15.4 Å². The van der Waals surface area contributed by atoms with Gasteiger partial charge < -0.3 is 20.3 Å². The molecule has 3 aromatic heterocycles. The van der Waals surface area contributed by atoms with Crippen molar-refractivity contribution in [1.29, 1.82) is 0 Å². The van der Waals surface area contributed by atoms with Gasteiger partial charge in [0.15, 0.2) is 5.82 Å². The van der Waals surface area contributed by atoms with E-state index in [2.05, 4.69) is 31.7 Å². The van der Waals surface area contributed by atoms with E-state index < -0.39 is 23.3 Å². The van der Waals surface area contributed by atoms with Gasteiger partial charge in [-0.25, -0.2) is 18.2 Å². The molecule has 6 heterocycles. The number of likely N-dealkylation sites (tertiary alicyclic amines) is 1. The number of alkyl halides is 1. The molecule has 14 heteroatoms. The number of amides is 1. The average Bonchev–Trinajstić information content (AvgIpc) is 3.78. The van der Waals surface area contributed by atoms with Crippen LogP contribution in [0.4, 0.5) is 24.8 Å². The van der Waals surface area contributed by atoms with Crippen LogP contribution in [0.2, 0.25) is 0 Å². The number of nitrogens with zero attached hydrogens (tertiary/aromatic N) is 8. The number of fused-ring (bicyclic) bond motifs is 3. The maximum absolute atomic E-state index is 16.7. The summed E-state index contributed by atoms with van der Waals surface area (Å²) in [5.74, 6) is 4.33. The van der Waals surface area contributed by atoms with Crippen molar-refractivity contribution in [3.8, 4) is 29.2 Å². The molecular formula is C35H38F3N9O2. The summed E-state index contributed by atoms with van der Waals surface area (Å²) in [5, 5.41) is 0.827. The lowest BCUT2D eigenvalue weighted by atomic mass is 9.95. The number of carbonyl (C=O) groups excluding carboxylic acids is 1. The minimum absolute atomic E-state index is 0.0516. The van der Waals surface area contributed by atoms with Crippen LogP contribution in [0.25, 0.3) is 33.1 Å². The van der Waals surface area contributed by atoms with Gasteiger partial charge in [0, 0.05) is 50.7 Å². The predicted molar refractivity (Wildman–Crippen MR) is 181 cm³/mol. The van der Waals surface area contributed by atoms with E-state index in [9.17, 15) is 9.18 Å². The molecule has 0 bridgehead atoms. The molecule has 2 N–H and O–H groups in total. The summed E-state index contributed by atoms with van der Waals surface area (Å²) >= 11 is 0. The van der Waals surface area contributed by atoms with Gasteiger partial charge in [-0.1, -0.05) is 18.1 Å². The van der Waals surface area contributed by atoms with Crippen molar-refractivity contribution in [3.63, 3.8) is 0 Å². The van der Waals surface area contributed by atoms with Crippen molar-refractivity contribution in [3.05, 3.63) is 42.1 Å². The molecule has 3 fully saturated rings. The highest BCUT2D eigenvalue weighted by molar-refractivity contribution is 5.99. The third kappa shape index (κ3) is 6.17. The van der Waals surface area contributed by atoms with Crippen LogP contribution in [0.3, 0.4) is 0 Å². The third-order valence-electron chi connectivity index (χ3n) is 9.85. The van der Waals surface area contributed by atoms with Crippen LogP contribution >= 0.6 is 0 Å². The van der Waals surface area contributed by atoms with Crippen molar-refractivity contribution >= 4 is 39.2 Å². The molecule has 49 heavy (non-hydrogen) atoms. The Morgan fingerprint density at radius 3 is 2.80 bits per heavy atom.